The number of hydrogen-bond acceptors (Lipinski definition) is 5. The molecule has 0 fully saturated rings. The molecule has 0 aliphatic heterocycles. The van der Waals surface area contributed by atoms with Gasteiger partial charge < -0.3 is 9.47 Å². The predicted octanol–water partition coefficient (Wildman–Crippen LogP) is 5.59. The van der Waals surface area contributed by atoms with Gasteiger partial charge in [-0.25, -0.2) is 0 Å². The van der Waals surface area contributed by atoms with E-state index in [1.807, 2.05) is 46.5 Å². The molecule has 0 amide bonds. The molecule has 4 aromatic rings. The van der Waals surface area contributed by atoms with Crippen molar-refractivity contribution in [3.8, 4) is 23.0 Å². The average Bonchev–Trinajstić information content (AvgIpc) is 3.37. The van der Waals surface area contributed by atoms with Crippen LogP contribution in [0.2, 0.25) is 0 Å². The zero-order chi connectivity index (χ0) is 23.9. The van der Waals surface area contributed by atoms with Crippen LogP contribution in [0.25, 0.3) is 11.5 Å². The molecule has 0 unspecified atom stereocenters. The van der Waals surface area contributed by atoms with Gasteiger partial charge in [-0.2, -0.15) is 10.2 Å². The second-order valence-corrected chi connectivity index (χ2v) is 8.60. The number of nitrogens with zero attached hydrogens (tertiary/aromatic N) is 4. The lowest BCUT2D eigenvalue weighted by atomic mass is 10.1. The van der Waals surface area contributed by atoms with Crippen molar-refractivity contribution in [2.24, 2.45) is 0 Å². The minimum Gasteiger partial charge on any atom is -0.497 e. The number of nitrogens with one attached hydrogen (secondary N) is 1. The van der Waals surface area contributed by atoms with Crippen LogP contribution in [0.4, 0.5) is 0 Å². The summed E-state index contributed by atoms with van der Waals surface area (Å²) >= 11 is 5.61. The van der Waals surface area contributed by atoms with Gasteiger partial charge in [0.2, 0.25) is 0 Å². The zero-order valence-corrected chi connectivity index (χ0v) is 20.8. The number of hydrogen-bond donors (Lipinski definition) is 1. The van der Waals surface area contributed by atoms with E-state index in [9.17, 15) is 0 Å². The molecule has 2 heterocycles. The summed E-state index contributed by atoms with van der Waals surface area (Å²) in [6.07, 6.45) is 2.90. The van der Waals surface area contributed by atoms with Crippen LogP contribution < -0.4 is 9.47 Å². The van der Waals surface area contributed by atoms with Crippen molar-refractivity contribution in [3.63, 3.8) is 0 Å². The van der Waals surface area contributed by atoms with E-state index < -0.39 is 0 Å². The van der Waals surface area contributed by atoms with E-state index in [2.05, 4.69) is 41.4 Å². The molecule has 0 saturated heterocycles. The highest BCUT2D eigenvalue weighted by atomic mass is 32.1. The Morgan fingerprint density at radius 3 is 2.50 bits per heavy atom. The van der Waals surface area contributed by atoms with E-state index in [-0.39, 0.29) is 0 Å². The molecule has 2 aromatic carbocycles. The highest BCUT2D eigenvalue weighted by Gasteiger charge is 2.23. The van der Waals surface area contributed by atoms with Crippen molar-refractivity contribution < 1.29 is 9.47 Å². The number of aromatic nitrogens is 5. The third kappa shape index (κ3) is 5.39. The number of aromatic amines is 1. The summed E-state index contributed by atoms with van der Waals surface area (Å²) in [6.45, 7) is 6.06. The third-order valence-electron chi connectivity index (χ3n) is 5.74. The van der Waals surface area contributed by atoms with Gasteiger partial charge >= 0.3 is 0 Å². The second kappa shape index (κ2) is 11.2. The number of unbranched alkanes of at least 4 members (excludes halogenated alkanes) is 1. The molecule has 2 aromatic heterocycles. The Labute approximate surface area is 205 Å². The molecule has 0 aliphatic carbocycles. The van der Waals surface area contributed by atoms with Gasteiger partial charge in [0.25, 0.3) is 0 Å². The Hall–Kier alpha value is -3.39. The quantitative estimate of drug-likeness (QED) is 0.225. The van der Waals surface area contributed by atoms with Crippen molar-refractivity contribution in [1.29, 1.82) is 0 Å². The molecule has 0 radical (unpaired) electrons. The van der Waals surface area contributed by atoms with Crippen LogP contribution in [-0.4, -0.2) is 38.3 Å². The van der Waals surface area contributed by atoms with E-state index in [1.54, 1.807) is 7.11 Å². The Morgan fingerprint density at radius 2 is 1.79 bits per heavy atom. The maximum atomic E-state index is 6.24. The summed E-state index contributed by atoms with van der Waals surface area (Å²) in [7, 11) is 1.66. The Balaban J connectivity index is 1.71. The van der Waals surface area contributed by atoms with Crippen LogP contribution in [0.3, 0.4) is 0 Å². The summed E-state index contributed by atoms with van der Waals surface area (Å²) in [6, 6.07) is 18.4. The number of benzene rings is 2. The lowest BCUT2D eigenvalue weighted by Crippen LogP contribution is -2.10. The molecule has 0 bridgehead atoms. The number of aryl methyl sites for hydroxylation is 3. The van der Waals surface area contributed by atoms with E-state index in [4.69, 9.17) is 26.8 Å². The first kappa shape index (κ1) is 23.8. The van der Waals surface area contributed by atoms with Gasteiger partial charge in [0, 0.05) is 6.54 Å². The summed E-state index contributed by atoms with van der Waals surface area (Å²) in [5.41, 5.74) is 4.06. The molecule has 8 heteroatoms. The largest absolute Gasteiger partial charge is 0.497 e. The molecule has 1 N–H and O–H groups in total. The van der Waals surface area contributed by atoms with Gasteiger partial charge in [0.05, 0.1) is 20.3 Å². The third-order valence-corrected chi connectivity index (χ3v) is 6.05. The Kier molecular flexibility index (Phi) is 7.80. The van der Waals surface area contributed by atoms with E-state index in [1.165, 1.54) is 5.56 Å². The fourth-order valence-corrected chi connectivity index (χ4v) is 4.07. The first-order valence-corrected chi connectivity index (χ1v) is 12.0. The first-order valence-electron chi connectivity index (χ1n) is 11.6. The summed E-state index contributed by atoms with van der Waals surface area (Å²) < 4.78 is 16.1. The maximum Gasteiger partial charge on any atom is 0.195 e. The van der Waals surface area contributed by atoms with Gasteiger partial charge in [-0.3, -0.25) is 14.3 Å². The van der Waals surface area contributed by atoms with E-state index in [0.29, 0.717) is 24.5 Å². The van der Waals surface area contributed by atoms with E-state index >= 15 is 0 Å². The predicted molar refractivity (Wildman–Crippen MR) is 136 cm³/mol. The molecule has 0 spiro atoms. The van der Waals surface area contributed by atoms with Crippen LogP contribution >= 0.6 is 12.2 Å². The van der Waals surface area contributed by atoms with Gasteiger partial charge in [-0.05, 0) is 55.2 Å². The number of rotatable bonds is 11. The zero-order valence-electron chi connectivity index (χ0n) is 20.0. The highest BCUT2D eigenvalue weighted by molar-refractivity contribution is 7.71. The van der Waals surface area contributed by atoms with Crippen LogP contribution in [-0.2, 0) is 19.5 Å². The first-order chi connectivity index (χ1) is 16.6. The summed E-state index contributed by atoms with van der Waals surface area (Å²) in [5.74, 6) is 2.31. The fourth-order valence-electron chi connectivity index (χ4n) is 3.87. The molecule has 178 valence electrons. The van der Waals surface area contributed by atoms with Crippen LogP contribution in [0.15, 0.2) is 54.6 Å². The Bertz CT molecular complexity index is 1260. The Morgan fingerprint density at radius 1 is 1.03 bits per heavy atom. The normalized spacial score (nSPS) is 11.0. The summed E-state index contributed by atoms with van der Waals surface area (Å²) in [5, 5.41) is 12.4. The number of H-pyrrole nitrogens is 1. The van der Waals surface area contributed by atoms with Crippen LogP contribution in [0, 0.1) is 11.7 Å². The van der Waals surface area contributed by atoms with Gasteiger partial charge in [0.15, 0.2) is 16.3 Å². The van der Waals surface area contributed by atoms with Gasteiger partial charge in [0.1, 0.15) is 17.1 Å². The van der Waals surface area contributed by atoms with Crippen LogP contribution in [0.5, 0.6) is 11.5 Å². The van der Waals surface area contributed by atoms with E-state index in [0.717, 1.165) is 53.5 Å². The minimum atomic E-state index is 0.554. The second-order valence-electron chi connectivity index (χ2n) is 8.21. The molecule has 0 atom stereocenters. The van der Waals surface area contributed by atoms with Crippen molar-refractivity contribution in [1.82, 2.24) is 24.5 Å². The van der Waals surface area contributed by atoms with Crippen LogP contribution in [0.1, 0.15) is 36.6 Å². The highest BCUT2D eigenvalue weighted by Crippen LogP contribution is 2.33. The van der Waals surface area contributed by atoms with Gasteiger partial charge in [-0.15, -0.1) is 0 Å². The number of methoxy groups -OCH3 is 1. The topological polar surface area (TPSA) is 69.9 Å². The summed E-state index contributed by atoms with van der Waals surface area (Å²) in [4.78, 5) is 0. The molecule has 4 rings (SSSR count). The molecular formula is C26H31N5O2S. The molecule has 0 saturated carbocycles. The maximum absolute atomic E-state index is 6.24. The average molecular weight is 478 g/mol. The van der Waals surface area contributed by atoms with Gasteiger partial charge in [-0.1, -0.05) is 55.8 Å². The minimum absolute atomic E-state index is 0.554. The fraction of sp³-hybridized carbons (Fsp3) is 0.346. The van der Waals surface area contributed by atoms with Crippen molar-refractivity contribution in [2.75, 3.05) is 13.7 Å². The lowest BCUT2D eigenvalue weighted by molar-refractivity contribution is 0.308. The molecule has 7 nitrogen and oxygen atoms in total. The van der Waals surface area contributed by atoms with Crippen molar-refractivity contribution in [2.45, 2.75) is 46.2 Å². The van der Waals surface area contributed by atoms with Crippen molar-refractivity contribution in [3.05, 3.63) is 76.2 Å². The van der Waals surface area contributed by atoms with Crippen molar-refractivity contribution >= 4 is 12.2 Å². The number of ether oxygens (including phenoxy) is 2. The smallest absolute Gasteiger partial charge is 0.195 e. The lowest BCUT2D eigenvalue weighted by Gasteiger charge is -2.13. The molecule has 0 aliphatic rings. The SMILES string of the molecule is CCCCOc1c(C)nn(CCc2ccccc2)c1-c1n[nH]c(=S)n1Cc1ccc(OC)cc1. The molecular weight excluding hydrogens is 446 g/mol. The standard InChI is InChI=1S/C26H31N5O2S/c1-4-5-17-33-24-19(2)29-31(16-15-20-9-7-6-8-10-20)23(24)25-27-28-26(34)30(25)18-21-11-13-22(32-3)14-12-21/h6-14H,4-5,15-18H2,1-3H3,(H,28,34). The monoisotopic (exact) mass is 477 g/mol. The molecule has 34 heavy (non-hydrogen) atoms.